The van der Waals surface area contributed by atoms with Crippen LogP contribution in [0.1, 0.15) is 30.5 Å². The number of aryl methyl sites for hydroxylation is 2. The predicted octanol–water partition coefficient (Wildman–Crippen LogP) is 5.61. The van der Waals surface area contributed by atoms with Crippen molar-refractivity contribution in [2.75, 3.05) is 6.54 Å². The van der Waals surface area contributed by atoms with E-state index < -0.39 is 0 Å². The molecule has 3 aromatic rings. The molecule has 0 N–H and O–H groups in total. The molecule has 170 valence electrons. The van der Waals surface area contributed by atoms with Gasteiger partial charge in [0.25, 0.3) is 11.5 Å². The van der Waals surface area contributed by atoms with Gasteiger partial charge in [-0.15, -0.1) is 0 Å². The van der Waals surface area contributed by atoms with Crippen molar-refractivity contribution < 1.29 is 9.53 Å². The van der Waals surface area contributed by atoms with Crippen molar-refractivity contribution in [3.63, 3.8) is 0 Å². The number of aromatic nitrogens is 2. The molecule has 1 fully saturated rings. The summed E-state index contributed by atoms with van der Waals surface area (Å²) in [5.41, 5.74) is 1.97. The van der Waals surface area contributed by atoms with Gasteiger partial charge in [0.05, 0.1) is 4.91 Å². The summed E-state index contributed by atoms with van der Waals surface area (Å²) >= 11 is 12.7. The van der Waals surface area contributed by atoms with Crippen LogP contribution in [0.25, 0.3) is 11.7 Å². The number of halogens is 1. The summed E-state index contributed by atoms with van der Waals surface area (Å²) in [6.45, 7) is 8.29. The van der Waals surface area contributed by atoms with E-state index in [4.69, 9.17) is 28.6 Å². The number of pyridine rings is 1. The van der Waals surface area contributed by atoms with Gasteiger partial charge in [0, 0.05) is 17.8 Å². The van der Waals surface area contributed by atoms with Crippen LogP contribution >= 0.6 is 35.6 Å². The van der Waals surface area contributed by atoms with Crippen molar-refractivity contribution in [1.82, 2.24) is 14.3 Å². The molecule has 4 rings (SSSR count). The highest BCUT2D eigenvalue weighted by molar-refractivity contribution is 8.26. The van der Waals surface area contributed by atoms with Crippen LogP contribution in [0, 0.1) is 19.8 Å². The number of carbonyl (C=O) groups excluding carboxylic acids is 1. The number of rotatable bonds is 5. The van der Waals surface area contributed by atoms with Gasteiger partial charge in [0.2, 0.25) is 5.88 Å². The average molecular weight is 500 g/mol. The lowest BCUT2D eigenvalue weighted by molar-refractivity contribution is -0.122. The van der Waals surface area contributed by atoms with Crippen LogP contribution in [-0.2, 0) is 4.79 Å². The number of thioether (sulfide) groups is 1. The zero-order chi connectivity index (χ0) is 23.9. The molecule has 6 nitrogen and oxygen atoms in total. The van der Waals surface area contributed by atoms with E-state index in [9.17, 15) is 9.59 Å². The zero-order valence-electron chi connectivity index (χ0n) is 18.6. The molecule has 0 bridgehead atoms. The molecule has 1 amide bonds. The Hall–Kier alpha value is -2.68. The average Bonchev–Trinajstić information content (AvgIpc) is 3.01. The second-order valence-electron chi connectivity index (χ2n) is 8.22. The highest BCUT2D eigenvalue weighted by Gasteiger charge is 2.33. The molecule has 0 unspecified atom stereocenters. The van der Waals surface area contributed by atoms with Crippen LogP contribution in [0.3, 0.4) is 0 Å². The SMILES string of the molecule is Cc1cc(Oc2nc3c(C)cccn3c(=O)c2/C=C2/SC(=S)N(CC(C)C)C2=O)ccc1Cl. The number of amides is 1. The lowest BCUT2D eigenvalue weighted by Gasteiger charge is -2.16. The first kappa shape index (κ1) is 23.5. The molecule has 1 saturated heterocycles. The van der Waals surface area contributed by atoms with E-state index in [2.05, 4.69) is 4.98 Å². The monoisotopic (exact) mass is 499 g/mol. The molecule has 2 aromatic heterocycles. The molecular weight excluding hydrogens is 478 g/mol. The standard InChI is InChI=1S/C24H22ClN3O3S2/c1-13(2)12-28-23(30)19(33-24(28)32)11-17-21(31-16-7-8-18(25)15(4)10-16)26-20-14(3)6-5-9-27(20)22(17)29/h5-11,13H,12H2,1-4H3/b19-11+. The third-order valence-corrected chi connectivity index (χ3v) is 6.89. The molecule has 33 heavy (non-hydrogen) atoms. The van der Waals surface area contributed by atoms with E-state index in [1.165, 1.54) is 22.2 Å². The summed E-state index contributed by atoms with van der Waals surface area (Å²) in [5, 5.41) is 0.610. The highest BCUT2D eigenvalue weighted by Crippen LogP contribution is 2.35. The quantitative estimate of drug-likeness (QED) is 0.335. The van der Waals surface area contributed by atoms with Crippen LogP contribution < -0.4 is 10.3 Å². The molecule has 0 radical (unpaired) electrons. The number of ether oxygens (including phenoxy) is 1. The predicted molar refractivity (Wildman–Crippen MR) is 137 cm³/mol. The molecule has 0 aliphatic carbocycles. The van der Waals surface area contributed by atoms with Crippen molar-refractivity contribution in [3.05, 3.63) is 73.5 Å². The fraction of sp³-hybridized carbons (Fsp3) is 0.250. The Morgan fingerprint density at radius 2 is 1.97 bits per heavy atom. The number of fused-ring (bicyclic) bond motifs is 1. The fourth-order valence-corrected chi connectivity index (χ4v) is 4.81. The summed E-state index contributed by atoms with van der Waals surface area (Å²) in [7, 11) is 0. The Balaban J connectivity index is 1.87. The first-order valence-electron chi connectivity index (χ1n) is 10.4. The minimum atomic E-state index is -0.335. The largest absolute Gasteiger partial charge is 0.438 e. The fourth-order valence-electron chi connectivity index (χ4n) is 3.44. The van der Waals surface area contributed by atoms with E-state index in [0.717, 1.165) is 11.1 Å². The van der Waals surface area contributed by atoms with Gasteiger partial charge in [0.15, 0.2) is 0 Å². The smallest absolute Gasteiger partial charge is 0.269 e. The van der Waals surface area contributed by atoms with Gasteiger partial charge in [-0.25, -0.2) is 0 Å². The lowest BCUT2D eigenvalue weighted by atomic mass is 10.2. The summed E-state index contributed by atoms with van der Waals surface area (Å²) in [6.07, 6.45) is 3.18. The Kier molecular flexibility index (Phi) is 6.61. The maximum absolute atomic E-state index is 13.5. The third-order valence-electron chi connectivity index (χ3n) is 5.09. The number of carbonyl (C=O) groups is 1. The molecule has 3 heterocycles. The molecule has 1 aliphatic heterocycles. The number of hydrogen-bond donors (Lipinski definition) is 0. The second kappa shape index (κ2) is 9.29. The van der Waals surface area contributed by atoms with Crippen LogP contribution in [0.5, 0.6) is 11.6 Å². The Labute approximate surface area is 206 Å². The van der Waals surface area contributed by atoms with E-state index in [0.29, 0.717) is 32.2 Å². The van der Waals surface area contributed by atoms with Crippen molar-refractivity contribution >= 4 is 57.5 Å². The third kappa shape index (κ3) is 4.69. The first-order valence-corrected chi connectivity index (χ1v) is 12.0. The van der Waals surface area contributed by atoms with E-state index >= 15 is 0 Å². The van der Waals surface area contributed by atoms with E-state index in [1.54, 1.807) is 35.4 Å². The van der Waals surface area contributed by atoms with Crippen LogP contribution in [-0.4, -0.2) is 31.1 Å². The minimum absolute atomic E-state index is 0.116. The Morgan fingerprint density at radius 1 is 1.21 bits per heavy atom. The van der Waals surface area contributed by atoms with Crippen molar-refractivity contribution in [2.45, 2.75) is 27.7 Å². The van der Waals surface area contributed by atoms with Crippen LogP contribution in [0.4, 0.5) is 0 Å². The second-order valence-corrected chi connectivity index (χ2v) is 10.3. The summed E-state index contributed by atoms with van der Waals surface area (Å²) in [6, 6.07) is 8.86. The topological polar surface area (TPSA) is 63.9 Å². The summed E-state index contributed by atoms with van der Waals surface area (Å²) in [4.78, 5) is 33.0. The Morgan fingerprint density at radius 3 is 2.67 bits per heavy atom. The van der Waals surface area contributed by atoms with Crippen LogP contribution in [0.2, 0.25) is 5.02 Å². The lowest BCUT2D eigenvalue weighted by Crippen LogP contribution is -2.31. The van der Waals surface area contributed by atoms with Gasteiger partial charge in [-0.1, -0.05) is 55.5 Å². The van der Waals surface area contributed by atoms with Gasteiger partial charge in [-0.2, -0.15) is 4.98 Å². The minimum Gasteiger partial charge on any atom is -0.438 e. The summed E-state index contributed by atoms with van der Waals surface area (Å²) in [5.74, 6) is 0.643. The molecule has 9 heteroatoms. The molecule has 0 spiro atoms. The molecular formula is C24H22ClN3O3S2. The first-order chi connectivity index (χ1) is 15.7. The van der Waals surface area contributed by atoms with E-state index in [1.807, 2.05) is 33.8 Å². The molecule has 1 aromatic carbocycles. The van der Waals surface area contributed by atoms with Crippen molar-refractivity contribution in [3.8, 4) is 11.6 Å². The maximum Gasteiger partial charge on any atom is 0.269 e. The maximum atomic E-state index is 13.5. The normalized spacial score (nSPS) is 15.3. The van der Waals surface area contributed by atoms with Gasteiger partial charge < -0.3 is 4.74 Å². The zero-order valence-corrected chi connectivity index (χ0v) is 21.0. The molecule has 0 saturated carbocycles. The summed E-state index contributed by atoms with van der Waals surface area (Å²) < 4.78 is 7.99. The van der Waals surface area contributed by atoms with Crippen molar-refractivity contribution in [2.24, 2.45) is 5.92 Å². The van der Waals surface area contributed by atoms with Crippen molar-refractivity contribution in [1.29, 1.82) is 0 Å². The number of hydrogen-bond acceptors (Lipinski definition) is 6. The number of thiocarbonyl (C=S) groups is 1. The van der Waals surface area contributed by atoms with Gasteiger partial charge in [-0.3, -0.25) is 18.9 Å². The number of nitrogens with zero attached hydrogens (tertiary/aromatic N) is 3. The van der Waals surface area contributed by atoms with Crippen LogP contribution in [0.15, 0.2) is 46.2 Å². The van der Waals surface area contributed by atoms with Gasteiger partial charge in [-0.05, 0) is 61.2 Å². The van der Waals surface area contributed by atoms with Gasteiger partial charge in [0.1, 0.15) is 21.3 Å². The molecule has 1 aliphatic rings. The van der Waals surface area contributed by atoms with Gasteiger partial charge >= 0.3 is 0 Å². The highest BCUT2D eigenvalue weighted by atomic mass is 35.5. The van der Waals surface area contributed by atoms with E-state index in [-0.39, 0.29) is 28.8 Å². The molecule has 0 atom stereocenters. The Bertz CT molecular complexity index is 1380. The number of benzene rings is 1.